The van der Waals surface area contributed by atoms with Crippen LogP contribution in [0.3, 0.4) is 0 Å². The fourth-order valence-corrected chi connectivity index (χ4v) is 2.92. The lowest BCUT2D eigenvalue weighted by molar-refractivity contribution is 0.0730. The lowest BCUT2D eigenvalue weighted by Gasteiger charge is -2.26. The predicted molar refractivity (Wildman–Crippen MR) is 79.9 cm³/mol. The molecule has 2 aromatic rings. The third kappa shape index (κ3) is 2.49. The van der Waals surface area contributed by atoms with Gasteiger partial charge in [0.1, 0.15) is 5.82 Å². The molecule has 0 spiro atoms. The van der Waals surface area contributed by atoms with Crippen molar-refractivity contribution in [3.8, 4) is 0 Å². The summed E-state index contributed by atoms with van der Waals surface area (Å²) in [6.45, 7) is 5.36. The van der Waals surface area contributed by atoms with Gasteiger partial charge in [-0.05, 0) is 12.1 Å². The molecule has 0 saturated carbocycles. The van der Waals surface area contributed by atoms with Gasteiger partial charge in [-0.15, -0.1) is 0 Å². The van der Waals surface area contributed by atoms with E-state index >= 15 is 0 Å². The van der Waals surface area contributed by atoms with Crippen LogP contribution in [0.4, 0.5) is 4.39 Å². The number of halogens is 1. The number of carbonyl (C=O) groups is 1. The summed E-state index contributed by atoms with van der Waals surface area (Å²) in [7, 11) is 2.03. The molecule has 0 atom stereocenters. The van der Waals surface area contributed by atoms with Crippen molar-refractivity contribution in [2.24, 2.45) is 7.05 Å². The molecule has 5 nitrogen and oxygen atoms in total. The number of imidazole rings is 1. The molecule has 2 aromatic heterocycles. The Kier molecular flexibility index (Phi) is 3.68. The van der Waals surface area contributed by atoms with E-state index < -0.39 is 5.95 Å². The number of hydrogen-bond acceptors (Lipinski definition) is 3. The molecule has 116 valence electrons. The summed E-state index contributed by atoms with van der Waals surface area (Å²) in [5.74, 6) is 0.683. The summed E-state index contributed by atoms with van der Waals surface area (Å²) in [5.41, 5.74) is 2.57. The zero-order chi connectivity index (χ0) is 15.9. The van der Waals surface area contributed by atoms with Gasteiger partial charge in [0.05, 0.1) is 17.8 Å². The minimum atomic E-state index is -0.580. The summed E-state index contributed by atoms with van der Waals surface area (Å²) in [5, 5.41) is 0. The van der Waals surface area contributed by atoms with Crippen molar-refractivity contribution < 1.29 is 9.18 Å². The van der Waals surface area contributed by atoms with E-state index in [-0.39, 0.29) is 5.91 Å². The first-order chi connectivity index (χ1) is 10.5. The Morgan fingerprint density at radius 1 is 1.36 bits per heavy atom. The van der Waals surface area contributed by atoms with E-state index in [0.29, 0.717) is 24.6 Å². The molecule has 3 heterocycles. The summed E-state index contributed by atoms with van der Waals surface area (Å²) in [6, 6.07) is 2.68. The third-order valence-corrected chi connectivity index (χ3v) is 4.07. The van der Waals surface area contributed by atoms with E-state index in [1.165, 1.54) is 24.0 Å². The molecule has 0 radical (unpaired) electrons. The van der Waals surface area contributed by atoms with Crippen molar-refractivity contribution in [3.05, 3.63) is 47.1 Å². The molecule has 1 aliphatic heterocycles. The number of aromatic nitrogens is 3. The summed E-state index contributed by atoms with van der Waals surface area (Å²) in [6.07, 6.45) is 2.07. The molecule has 3 rings (SSSR count). The zero-order valence-electron chi connectivity index (χ0n) is 13.0. The van der Waals surface area contributed by atoms with Gasteiger partial charge in [-0.1, -0.05) is 13.8 Å². The molecular formula is C16H19FN4O. The first-order valence-electron chi connectivity index (χ1n) is 7.42. The largest absolute Gasteiger partial charge is 0.334 e. The average Bonchev–Trinajstić information content (AvgIpc) is 2.84. The van der Waals surface area contributed by atoms with E-state index in [2.05, 4.69) is 28.4 Å². The number of rotatable bonds is 2. The molecule has 0 aliphatic carbocycles. The van der Waals surface area contributed by atoms with E-state index in [9.17, 15) is 9.18 Å². The number of hydrogen-bond donors (Lipinski definition) is 0. The second-order valence-corrected chi connectivity index (χ2v) is 5.92. The van der Waals surface area contributed by atoms with Crippen LogP contribution >= 0.6 is 0 Å². The van der Waals surface area contributed by atoms with Gasteiger partial charge in [0.25, 0.3) is 5.91 Å². The highest BCUT2D eigenvalue weighted by Gasteiger charge is 2.26. The van der Waals surface area contributed by atoms with Crippen LogP contribution in [0.5, 0.6) is 0 Å². The highest BCUT2D eigenvalue weighted by Crippen LogP contribution is 2.24. The molecular weight excluding hydrogens is 283 g/mol. The fourth-order valence-electron chi connectivity index (χ4n) is 2.92. The molecule has 0 N–H and O–H groups in total. The monoisotopic (exact) mass is 302 g/mol. The van der Waals surface area contributed by atoms with Gasteiger partial charge >= 0.3 is 0 Å². The summed E-state index contributed by atoms with van der Waals surface area (Å²) in [4.78, 5) is 22.5. The molecule has 1 amide bonds. The highest BCUT2D eigenvalue weighted by atomic mass is 19.1. The van der Waals surface area contributed by atoms with Gasteiger partial charge < -0.3 is 9.47 Å². The Bertz CT molecular complexity index is 706. The first-order valence-corrected chi connectivity index (χ1v) is 7.42. The van der Waals surface area contributed by atoms with Gasteiger partial charge in [-0.3, -0.25) is 4.79 Å². The number of pyridine rings is 1. The van der Waals surface area contributed by atoms with Gasteiger partial charge in [0, 0.05) is 37.8 Å². The SMILES string of the molecule is CC(C)c1nc2c(n1C)CCN(C(=O)c1ccc(F)nc1)C2. The van der Waals surface area contributed by atoms with Crippen LogP contribution in [0.25, 0.3) is 0 Å². The van der Waals surface area contributed by atoms with E-state index in [0.717, 1.165) is 17.9 Å². The Hall–Kier alpha value is -2.24. The minimum absolute atomic E-state index is 0.130. The molecule has 0 saturated heterocycles. The van der Waals surface area contributed by atoms with Crippen molar-refractivity contribution in [1.29, 1.82) is 0 Å². The molecule has 22 heavy (non-hydrogen) atoms. The second-order valence-electron chi connectivity index (χ2n) is 5.92. The van der Waals surface area contributed by atoms with Crippen LogP contribution in [-0.2, 0) is 20.0 Å². The maximum absolute atomic E-state index is 12.9. The van der Waals surface area contributed by atoms with Gasteiger partial charge in [-0.2, -0.15) is 4.39 Å². The fraction of sp³-hybridized carbons (Fsp3) is 0.438. The lowest BCUT2D eigenvalue weighted by atomic mass is 10.1. The van der Waals surface area contributed by atoms with Crippen LogP contribution < -0.4 is 0 Å². The number of nitrogens with zero attached hydrogens (tertiary/aromatic N) is 4. The lowest BCUT2D eigenvalue weighted by Crippen LogP contribution is -2.36. The van der Waals surface area contributed by atoms with Gasteiger partial charge in [-0.25, -0.2) is 9.97 Å². The van der Waals surface area contributed by atoms with Crippen molar-refractivity contribution in [1.82, 2.24) is 19.4 Å². The van der Waals surface area contributed by atoms with Crippen molar-refractivity contribution in [2.75, 3.05) is 6.54 Å². The number of fused-ring (bicyclic) bond motifs is 1. The molecule has 0 aromatic carbocycles. The van der Waals surface area contributed by atoms with E-state index in [1.807, 2.05) is 7.05 Å². The van der Waals surface area contributed by atoms with Crippen LogP contribution in [0.2, 0.25) is 0 Å². The van der Waals surface area contributed by atoms with Crippen LogP contribution in [0.15, 0.2) is 18.3 Å². The smallest absolute Gasteiger partial charge is 0.255 e. The second kappa shape index (κ2) is 5.51. The van der Waals surface area contributed by atoms with Crippen molar-refractivity contribution in [3.63, 3.8) is 0 Å². The predicted octanol–water partition coefficient (Wildman–Crippen LogP) is 2.28. The Morgan fingerprint density at radius 3 is 2.77 bits per heavy atom. The molecule has 0 fully saturated rings. The van der Waals surface area contributed by atoms with Crippen LogP contribution in [0, 0.1) is 5.95 Å². The summed E-state index contributed by atoms with van der Waals surface area (Å²) >= 11 is 0. The zero-order valence-corrected chi connectivity index (χ0v) is 13.0. The third-order valence-electron chi connectivity index (χ3n) is 4.07. The van der Waals surface area contributed by atoms with Crippen LogP contribution in [-0.4, -0.2) is 31.9 Å². The van der Waals surface area contributed by atoms with Crippen molar-refractivity contribution >= 4 is 5.91 Å². The molecule has 6 heteroatoms. The van der Waals surface area contributed by atoms with Crippen LogP contribution in [0.1, 0.15) is 47.3 Å². The highest BCUT2D eigenvalue weighted by molar-refractivity contribution is 5.93. The molecule has 0 bridgehead atoms. The molecule has 0 unspecified atom stereocenters. The normalized spacial score (nSPS) is 14.3. The number of carbonyl (C=O) groups excluding carboxylic acids is 1. The Labute approximate surface area is 128 Å². The van der Waals surface area contributed by atoms with Gasteiger partial charge in [0.15, 0.2) is 0 Å². The maximum atomic E-state index is 12.9. The average molecular weight is 302 g/mol. The quantitative estimate of drug-likeness (QED) is 0.800. The van der Waals surface area contributed by atoms with E-state index in [4.69, 9.17) is 0 Å². The standard InChI is InChI=1S/C16H19FN4O/c1-10(2)15-19-12-9-21(7-6-13(12)20(15)3)16(22)11-4-5-14(17)18-8-11/h4-5,8,10H,6-7,9H2,1-3H3. The Morgan fingerprint density at radius 2 is 2.14 bits per heavy atom. The Balaban J connectivity index is 1.83. The first kappa shape index (κ1) is 14.7. The summed E-state index contributed by atoms with van der Waals surface area (Å²) < 4.78 is 15.0. The van der Waals surface area contributed by atoms with Crippen molar-refractivity contribution in [2.45, 2.75) is 32.7 Å². The minimum Gasteiger partial charge on any atom is -0.334 e. The topological polar surface area (TPSA) is 51.0 Å². The van der Waals surface area contributed by atoms with E-state index in [1.54, 1.807) is 4.90 Å². The number of amides is 1. The molecule has 1 aliphatic rings. The maximum Gasteiger partial charge on any atom is 0.255 e. The van der Waals surface area contributed by atoms with Gasteiger partial charge in [0.2, 0.25) is 5.95 Å².